The molecule has 106 valence electrons. The fourth-order valence-electron chi connectivity index (χ4n) is 2.88. The van der Waals surface area contributed by atoms with Gasteiger partial charge in [0.2, 0.25) is 0 Å². The van der Waals surface area contributed by atoms with Gasteiger partial charge in [0.15, 0.2) is 0 Å². The number of nitrogens with two attached hydrogens (primary N) is 1. The van der Waals surface area contributed by atoms with Crippen LogP contribution in [0.5, 0.6) is 5.75 Å². The number of morpholine rings is 1. The highest BCUT2D eigenvalue weighted by Gasteiger charge is 2.38. The maximum absolute atomic E-state index is 6.10. The second-order valence-electron chi connectivity index (χ2n) is 6.44. The van der Waals surface area contributed by atoms with Gasteiger partial charge in [-0.3, -0.25) is 0 Å². The third-order valence-corrected chi connectivity index (χ3v) is 3.21. The predicted octanol–water partition coefficient (Wildman–Crippen LogP) is 2.67. The van der Waals surface area contributed by atoms with Gasteiger partial charge in [0, 0.05) is 36.6 Å². The van der Waals surface area contributed by atoms with E-state index in [1.165, 1.54) is 0 Å². The monoisotopic (exact) mass is 264 g/mol. The van der Waals surface area contributed by atoms with Crippen LogP contribution >= 0.6 is 0 Å². The van der Waals surface area contributed by atoms with Crippen LogP contribution in [0.4, 0.5) is 11.4 Å². The van der Waals surface area contributed by atoms with Gasteiger partial charge >= 0.3 is 0 Å². The maximum Gasteiger partial charge on any atom is 0.122 e. The van der Waals surface area contributed by atoms with Crippen LogP contribution in [-0.2, 0) is 4.74 Å². The van der Waals surface area contributed by atoms with Crippen molar-refractivity contribution in [2.24, 2.45) is 0 Å². The highest BCUT2D eigenvalue weighted by molar-refractivity contribution is 5.61. The summed E-state index contributed by atoms with van der Waals surface area (Å²) in [6.07, 6.45) is 0. The van der Waals surface area contributed by atoms with E-state index in [2.05, 4.69) is 32.6 Å². The van der Waals surface area contributed by atoms with E-state index >= 15 is 0 Å². The number of anilines is 2. The molecule has 0 bridgehead atoms. The Morgan fingerprint density at radius 2 is 1.68 bits per heavy atom. The number of nitrogens with zero attached hydrogens (tertiary/aromatic N) is 1. The van der Waals surface area contributed by atoms with Crippen molar-refractivity contribution in [3.63, 3.8) is 0 Å². The molecule has 2 N–H and O–H groups in total. The number of nitrogen functional groups attached to an aromatic ring is 1. The number of methoxy groups -OCH3 is 1. The first-order valence-corrected chi connectivity index (χ1v) is 6.60. The summed E-state index contributed by atoms with van der Waals surface area (Å²) in [4.78, 5) is 2.31. The predicted molar refractivity (Wildman–Crippen MR) is 78.9 cm³/mol. The number of ether oxygens (including phenoxy) is 2. The number of rotatable bonds is 2. The number of benzene rings is 1. The van der Waals surface area contributed by atoms with E-state index in [0.717, 1.165) is 30.2 Å². The van der Waals surface area contributed by atoms with Gasteiger partial charge in [0.25, 0.3) is 0 Å². The average Bonchev–Trinajstić information content (AvgIpc) is 2.24. The smallest absolute Gasteiger partial charge is 0.122 e. The Balaban J connectivity index is 2.33. The van der Waals surface area contributed by atoms with E-state index in [9.17, 15) is 0 Å². The van der Waals surface area contributed by atoms with Crippen molar-refractivity contribution in [3.05, 3.63) is 18.2 Å². The molecule has 1 aromatic rings. The molecular formula is C15H24N2O2. The molecule has 1 aliphatic rings. The van der Waals surface area contributed by atoms with E-state index in [1.54, 1.807) is 7.11 Å². The summed E-state index contributed by atoms with van der Waals surface area (Å²) in [7, 11) is 1.66. The summed E-state index contributed by atoms with van der Waals surface area (Å²) in [5, 5.41) is 0. The van der Waals surface area contributed by atoms with Crippen molar-refractivity contribution >= 4 is 11.4 Å². The van der Waals surface area contributed by atoms with Crippen LogP contribution in [0.25, 0.3) is 0 Å². The van der Waals surface area contributed by atoms with Crippen molar-refractivity contribution in [2.45, 2.75) is 38.9 Å². The van der Waals surface area contributed by atoms with Crippen LogP contribution in [0.3, 0.4) is 0 Å². The van der Waals surface area contributed by atoms with Crippen LogP contribution in [0, 0.1) is 0 Å². The Kier molecular flexibility index (Phi) is 3.39. The van der Waals surface area contributed by atoms with Crippen LogP contribution in [0.15, 0.2) is 18.2 Å². The Hall–Kier alpha value is -1.42. The lowest BCUT2D eigenvalue weighted by atomic mass is 9.98. The summed E-state index contributed by atoms with van der Waals surface area (Å²) < 4.78 is 11.4. The van der Waals surface area contributed by atoms with E-state index in [-0.39, 0.29) is 11.2 Å². The molecule has 0 aromatic heterocycles. The lowest BCUT2D eigenvalue weighted by Crippen LogP contribution is -2.57. The molecule has 0 unspecified atom stereocenters. The molecule has 4 nitrogen and oxygen atoms in total. The average molecular weight is 264 g/mol. The van der Waals surface area contributed by atoms with Gasteiger partial charge in [0.1, 0.15) is 5.75 Å². The van der Waals surface area contributed by atoms with Crippen LogP contribution in [0.2, 0.25) is 0 Å². The summed E-state index contributed by atoms with van der Waals surface area (Å²) >= 11 is 0. The Morgan fingerprint density at radius 3 is 2.21 bits per heavy atom. The molecule has 0 atom stereocenters. The molecule has 0 spiro atoms. The Labute approximate surface area is 115 Å². The topological polar surface area (TPSA) is 47.7 Å². The number of hydrogen-bond donors (Lipinski definition) is 1. The summed E-state index contributed by atoms with van der Waals surface area (Å²) in [5.74, 6) is 0.789. The van der Waals surface area contributed by atoms with Crippen molar-refractivity contribution in [2.75, 3.05) is 30.8 Å². The third-order valence-electron chi connectivity index (χ3n) is 3.21. The van der Waals surface area contributed by atoms with E-state index in [1.807, 2.05) is 18.2 Å². The maximum atomic E-state index is 6.10. The minimum Gasteiger partial charge on any atom is -0.497 e. The Morgan fingerprint density at radius 1 is 1.11 bits per heavy atom. The molecule has 2 rings (SSSR count). The summed E-state index contributed by atoms with van der Waals surface area (Å²) in [6, 6.07) is 5.84. The van der Waals surface area contributed by atoms with Gasteiger partial charge in [-0.25, -0.2) is 0 Å². The van der Waals surface area contributed by atoms with Crippen molar-refractivity contribution in [1.82, 2.24) is 0 Å². The largest absolute Gasteiger partial charge is 0.497 e. The zero-order valence-electron chi connectivity index (χ0n) is 12.5. The van der Waals surface area contributed by atoms with Crippen molar-refractivity contribution in [1.29, 1.82) is 0 Å². The zero-order valence-corrected chi connectivity index (χ0v) is 12.5. The zero-order chi connectivity index (χ0) is 14.3. The van der Waals surface area contributed by atoms with E-state index in [4.69, 9.17) is 15.2 Å². The second-order valence-corrected chi connectivity index (χ2v) is 6.44. The molecule has 1 aliphatic heterocycles. The summed E-state index contributed by atoms with van der Waals surface area (Å²) in [5.41, 5.74) is 7.38. The molecule has 0 amide bonds. The quantitative estimate of drug-likeness (QED) is 0.834. The van der Waals surface area contributed by atoms with Crippen molar-refractivity contribution < 1.29 is 9.47 Å². The minimum atomic E-state index is -0.181. The third kappa shape index (κ3) is 3.32. The SMILES string of the molecule is COc1cc(N)cc(N2CC(C)(C)OC(C)(C)C2)c1. The first-order chi connectivity index (χ1) is 8.71. The van der Waals surface area contributed by atoms with E-state index in [0.29, 0.717) is 0 Å². The first-order valence-electron chi connectivity index (χ1n) is 6.60. The molecular weight excluding hydrogens is 240 g/mol. The lowest BCUT2D eigenvalue weighted by Gasteiger charge is -2.48. The summed E-state index contributed by atoms with van der Waals surface area (Å²) in [6.45, 7) is 10.1. The van der Waals surface area contributed by atoms with Gasteiger partial charge in [-0.1, -0.05) is 0 Å². The molecule has 0 saturated carbocycles. The highest BCUT2D eigenvalue weighted by atomic mass is 16.5. The lowest BCUT2D eigenvalue weighted by molar-refractivity contribution is -0.133. The van der Waals surface area contributed by atoms with Gasteiger partial charge in [-0.2, -0.15) is 0 Å². The molecule has 1 saturated heterocycles. The molecule has 0 radical (unpaired) electrons. The number of hydrogen-bond acceptors (Lipinski definition) is 4. The van der Waals surface area contributed by atoms with E-state index < -0.39 is 0 Å². The van der Waals surface area contributed by atoms with Crippen LogP contribution < -0.4 is 15.4 Å². The van der Waals surface area contributed by atoms with Gasteiger partial charge in [-0.05, 0) is 33.8 Å². The normalized spacial score (nSPS) is 21.2. The molecule has 4 heteroatoms. The Bertz CT molecular complexity index is 453. The van der Waals surface area contributed by atoms with Gasteiger partial charge < -0.3 is 20.1 Å². The van der Waals surface area contributed by atoms with Gasteiger partial charge in [-0.15, -0.1) is 0 Å². The van der Waals surface area contributed by atoms with Gasteiger partial charge in [0.05, 0.1) is 18.3 Å². The highest BCUT2D eigenvalue weighted by Crippen LogP contribution is 2.33. The second kappa shape index (κ2) is 4.60. The minimum absolute atomic E-state index is 0.181. The first kappa shape index (κ1) is 14.0. The van der Waals surface area contributed by atoms with Crippen molar-refractivity contribution in [3.8, 4) is 5.75 Å². The molecule has 19 heavy (non-hydrogen) atoms. The fraction of sp³-hybridized carbons (Fsp3) is 0.600. The molecule has 1 heterocycles. The molecule has 0 aliphatic carbocycles. The van der Waals surface area contributed by atoms with Crippen LogP contribution in [0.1, 0.15) is 27.7 Å². The van der Waals surface area contributed by atoms with Crippen LogP contribution in [-0.4, -0.2) is 31.4 Å². The molecule has 1 aromatic carbocycles. The fourth-order valence-corrected chi connectivity index (χ4v) is 2.88. The standard InChI is InChI=1S/C15H24N2O2/c1-14(2)9-17(10-15(3,4)19-14)12-6-11(16)7-13(8-12)18-5/h6-8H,9-10,16H2,1-5H3. The molecule has 1 fully saturated rings.